The summed E-state index contributed by atoms with van der Waals surface area (Å²) in [7, 11) is -3.49. The van der Waals surface area contributed by atoms with Crippen molar-refractivity contribution in [3.8, 4) is 0 Å². The molecule has 6 heteroatoms. The van der Waals surface area contributed by atoms with E-state index in [1.165, 1.54) is 29.3 Å². The number of carbonyl (C=O) groups is 1. The summed E-state index contributed by atoms with van der Waals surface area (Å²) in [5.74, 6) is -0.906. The fraction of sp³-hybridized carbons (Fsp3) is 0.278. The first-order valence-corrected chi connectivity index (χ1v) is 9.40. The minimum atomic E-state index is -3.49. The molecule has 2 aromatic rings. The zero-order chi connectivity index (χ0) is 17.3. The summed E-state index contributed by atoms with van der Waals surface area (Å²) in [5, 5.41) is 8.97. The van der Waals surface area contributed by atoms with Crippen LogP contribution in [0.4, 0.5) is 5.69 Å². The van der Waals surface area contributed by atoms with Crippen molar-refractivity contribution in [2.24, 2.45) is 5.92 Å². The van der Waals surface area contributed by atoms with Gasteiger partial charge in [0.25, 0.3) is 0 Å². The highest BCUT2D eigenvalue weighted by atomic mass is 32.2. The van der Waals surface area contributed by atoms with Crippen LogP contribution in [-0.2, 0) is 22.9 Å². The molecule has 0 spiro atoms. The molecule has 0 atom stereocenters. The van der Waals surface area contributed by atoms with E-state index in [0.717, 1.165) is 12.8 Å². The second kappa shape index (κ2) is 6.28. The maximum absolute atomic E-state index is 12.5. The van der Waals surface area contributed by atoms with Gasteiger partial charge in [0.05, 0.1) is 17.0 Å². The topological polar surface area (TPSA) is 83.5 Å². The van der Waals surface area contributed by atoms with E-state index in [4.69, 9.17) is 5.11 Å². The third-order valence-electron chi connectivity index (χ3n) is 4.33. The van der Waals surface area contributed by atoms with E-state index in [-0.39, 0.29) is 17.2 Å². The first kappa shape index (κ1) is 16.5. The van der Waals surface area contributed by atoms with Gasteiger partial charge in [0, 0.05) is 0 Å². The molecule has 1 aliphatic carbocycles. The van der Waals surface area contributed by atoms with Crippen LogP contribution in [0.25, 0.3) is 0 Å². The van der Waals surface area contributed by atoms with E-state index >= 15 is 0 Å². The van der Waals surface area contributed by atoms with Gasteiger partial charge < -0.3 is 5.11 Å². The monoisotopic (exact) mass is 345 g/mol. The van der Waals surface area contributed by atoms with Gasteiger partial charge in [-0.1, -0.05) is 24.3 Å². The molecular weight excluding hydrogens is 326 g/mol. The molecule has 0 aromatic heterocycles. The summed E-state index contributed by atoms with van der Waals surface area (Å²) in [4.78, 5) is 10.9. The molecule has 126 valence electrons. The Morgan fingerprint density at radius 2 is 1.79 bits per heavy atom. The molecular formula is C18H19NO4S. The van der Waals surface area contributed by atoms with Gasteiger partial charge in [-0.15, -0.1) is 0 Å². The minimum absolute atomic E-state index is 0.0573. The van der Waals surface area contributed by atoms with E-state index in [0.29, 0.717) is 11.3 Å². The van der Waals surface area contributed by atoms with E-state index < -0.39 is 16.0 Å². The summed E-state index contributed by atoms with van der Waals surface area (Å²) in [6.07, 6.45) is 1.54. The Morgan fingerprint density at radius 1 is 1.17 bits per heavy atom. The molecule has 0 fully saturated rings. The Morgan fingerprint density at radius 3 is 2.33 bits per heavy atom. The minimum Gasteiger partial charge on any atom is -0.478 e. The number of anilines is 1. The van der Waals surface area contributed by atoms with E-state index in [2.05, 4.69) is 4.72 Å². The van der Waals surface area contributed by atoms with Crippen molar-refractivity contribution in [2.75, 3.05) is 10.5 Å². The molecule has 1 aliphatic rings. The summed E-state index contributed by atoms with van der Waals surface area (Å²) in [6.45, 7) is 1.69. The molecule has 0 saturated heterocycles. The summed E-state index contributed by atoms with van der Waals surface area (Å²) in [6, 6.07) is 12.4. The lowest BCUT2D eigenvalue weighted by Gasteiger charge is -2.14. The lowest BCUT2D eigenvalue weighted by Crippen LogP contribution is -2.23. The predicted molar refractivity (Wildman–Crippen MR) is 92.9 cm³/mol. The van der Waals surface area contributed by atoms with Crippen molar-refractivity contribution in [1.29, 1.82) is 0 Å². The van der Waals surface area contributed by atoms with E-state index in [1.807, 2.05) is 24.3 Å². The van der Waals surface area contributed by atoms with Crippen LogP contribution >= 0.6 is 0 Å². The molecule has 2 N–H and O–H groups in total. The van der Waals surface area contributed by atoms with Gasteiger partial charge in [-0.05, 0) is 60.6 Å². The fourth-order valence-electron chi connectivity index (χ4n) is 3.20. The van der Waals surface area contributed by atoms with Crippen molar-refractivity contribution in [1.82, 2.24) is 0 Å². The van der Waals surface area contributed by atoms with Crippen molar-refractivity contribution in [3.05, 3.63) is 64.7 Å². The van der Waals surface area contributed by atoms with Gasteiger partial charge in [0.1, 0.15) is 0 Å². The number of rotatable bonds is 5. The standard InChI is InChI=1S/C18H19NO4S/c1-12-8-16(18(20)21)6-7-17(12)19-24(22,23)11-13-9-14-4-2-3-5-15(14)10-13/h2-8,13,19H,9-11H2,1H3,(H,20,21). The number of benzene rings is 2. The van der Waals surface area contributed by atoms with Crippen LogP contribution in [0.2, 0.25) is 0 Å². The molecule has 3 rings (SSSR count). The molecule has 0 aliphatic heterocycles. The second-order valence-corrected chi connectivity index (χ2v) is 8.03. The number of aryl methyl sites for hydroxylation is 1. The second-order valence-electron chi connectivity index (χ2n) is 6.26. The summed E-state index contributed by atoms with van der Waals surface area (Å²) < 4.78 is 27.5. The Balaban J connectivity index is 1.70. The number of nitrogens with one attached hydrogen (secondary N) is 1. The van der Waals surface area contributed by atoms with E-state index in [9.17, 15) is 13.2 Å². The van der Waals surface area contributed by atoms with Crippen LogP contribution in [0, 0.1) is 12.8 Å². The van der Waals surface area contributed by atoms with Gasteiger partial charge in [-0.25, -0.2) is 13.2 Å². The number of hydrogen-bond acceptors (Lipinski definition) is 3. The van der Waals surface area contributed by atoms with Crippen LogP contribution in [-0.4, -0.2) is 25.2 Å². The van der Waals surface area contributed by atoms with Gasteiger partial charge >= 0.3 is 5.97 Å². The molecule has 2 aromatic carbocycles. The molecule has 0 radical (unpaired) electrons. The van der Waals surface area contributed by atoms with Gasteiger partial charge in [-0.2, -0.15) is 0 Å². The van der Waals surface area contributed by atoms with Crippen LogP contribution in [0.15, 0.2) is 42.5 Å². The number of aromatic carboxylic acids is 1. The van der Waals surface area contributed by atoms with Crippen molar-refractivity contribution in [3.63, 3.8) is 0 Å². The average Bonchev–Trinajstić information content (AvgIpc) is 2.90. The van der Waals surface area contributed by atoms with Crippen LogP contribution < -0.4 is 4.72 Å². The molecule has 0 amide bonds. The SMILES string of the molecule is Cc1cc(C(=O)O)ccc1NS(=O)(=O)CC1Cc2ccccc2C1. The van der Waals surface area contributed by atoms with E-state index in [1.54, 1.807) is 6.92 Å². The normalized spacial score (nSPS) is 14.4. The highest BCUT2D eigenvalue weighted by molar-refractivity contribution is 7.92. The van der Waals surface area contributed by atoms with Crippen molar-refractivity contribution >= 4 is 21.7 Å². The Bertz CT molecular complexity index is 865. The number of hydrogen-bond donors (Lipinski definition) is 2. The Kier molecular flexibility index (Phi) is 4.32. The van der Waals surface area contributed by atoms with Gasteiger partial charge in [0.2, 0.25) is 10.0 Å². The number of carboxylic acids is 1. The predicted octanol–water partition coefficient (Wildman–Crippen LogP) is 2.85. The summed E-state index contributed by atoms with van der Waals surface area (Å²) >= 11 is 0. The highest BCUT2D eigenvalue weighted by Crippen LogP contribution is 2.28. The summed E-state index contributed by atoms with van der Waals surface area (Å²) in [5.41, 5.74) is 3.60. The Hall–Kier alpha value is -2.34. The number of sulfonamides is 1. The first-order chi connectivity index (χ1) is 11.3. The lowest BCUT2D eigenvalue weighted by atomic mass is 10.1. The number of carboxylic acid groups (broad SMARTS) is 1. The number of fused-ring (bicyclic) bond motifs is 1. The average molecular weight is 345 g/mol. The van der Waals surface area contributed by atoms with Gasteiger partial charge in [0.15, 0.2) is 0 Å². The van der Waals surface area contributed by atoms with Crippen LogP contribution in [0.1, 0.15) is 27.0 Å². The zero-order valence-corrected chi connectivity index (χ0v) is 14.1. The smallest absolute Gasteiger partial charge is 0.335 e. The maximum Gasteiger partial charge on any atom is 0.335 e. The highest BCUT2D eigenvalue weighted by Gasteiger charge is 2.26. The quantitative estimate of drug-likeness (QED) is 0.873. The lowest BCUT2D eigenvalue weighted by molar-refractivity contribution is 0.0697. The first-order valence-electron chi connectivity index (χ1n) is 7.75. The van der Waals surface area contributed by atoms with Crippen molar-refractivity contribution in [2.45, 2.75) is 19.8 Å². The third-order valence-corrected chi connectivity index (χ3v) is 5.77. The molecule has 0 saturated carbocycles. The van der Waals surface area contributed by atoms with Crippen LogP contribution in [0.3, 0.4) is 0 Å². The fourth-order valence-corrected chi connectivity index (χ4v) is 4.70. The third kappa shape index (κ3) is 3.59. The largest absolute Gasteiger partial charge is 0.478 e. The molecule has 24 heavy (non-hydrogen) atoms. The van der Waals surface area contributed by atoms with Gasteiger partial charge in [-0.3, -0.25) is 4.72 Å². The molecule has 5 nitrogen and oxygen atoms in total. The van der Waals surface area contributed by atoms with Crippen molar-refractivity contribution < 1.29 is 18.3 Å². The Labute approximate surface area is 141 Å². The molecule has 0 heterocycles. The molecule has 0 bridgehead atoms. The maximum atomic E-state index is 12.5. The van der Waals surface area contributed by atoms with Crippen LogP contribution in [0.5, 0.6) is 0 Å². The molecule has 0 unspecified atom stereocenters. The zero-order valence-electron chi connectivity index (χ0n) is 13.3.